The van der Waals surface area contributed by atoms with Gasteiger partial charge in [0.25, 0.3) is 5.91 Å². The van der Waals surface area contributed by atoms with Gasteiger partial charge in [0.05, 0.1) is 7.11 Å². The minimum atomic E-state index is -0.558. The second-order valence-electron chi connectivity index (χ2n) is 5.92. The van der Waals surface area contributed by atoms with Crippen molar-refractivity contribution in [3.63, 3.8) is 0 Å². The zero-order chi connectivity index (χ0) is 17.5. The van der Waals surface area contributed by atoms with Crippen LogP contribution < -0.4 is 14.8 Å². The van der Waals surface area contributed by atoms with E-state index >= 15 is 0 Å². The molecule has 0 fully saturated rings. The van der Waals surface area contributed by atoms with Crippen LogP contribution in [0.1, 0.15) is 38.7 Å². The number of nitrogens with one attached hydrogen (secondary N) is 1. The molecule has 128 valence electrons. The summed E-state index contributed by atoms with van der Waals surface area (Å²) in [5, 5.41) is 3.00. The number of carbonyl (C=O) groups is 1. The van der Waals surface area contributed by atoms with E-state index in [0.29, 0.717) is 23.8 Å². The summed E-state index contributed by atoms with van der Waals surface area (Å²) in [6, 6.07) is 15.1. The number of para-hydroxylation sites is 1. The molecule has 0 unspecified atom stereocenters. The number of hydrogen-bond donors (Lipinski definition) is 1. The molecule has 0 heterocycles. The number of benzene rings is 2. The Hall–Kier alpha value is -2.49. The average molecular weight is 327 g/mol. The lowest BCUT2D eigenvalue weighted by Gasteiger charge is -2.19. The van der Waals surface area contributed by atoms with Gasteiger partial charge in [-0.05, 0) is 36.1 Å². The molecule has 4 nitrogen and oxygen atoms in total. The Balaban J connectivity index is 2.11. The van der Waals surface area contributed by atoms with Gasteiger partial charge >= 0.3 is 0 Å². The summed E-state index contributed by atoms with van der Waals surface area (Å²) >= 11 is 0. The third-order valence-electron chi connectivity index (χ3n) is 3.82. The first-order valence-corrected chi connectivity index (χ1v) is 8.25. The number of amides is 1. The molecule has 0 aliphatic carbocycles. The second kappa shape index (κ2) is 8.39. The van der Waals surface area contributed by atoms with Crippen molar-refractivity contribution in [2.45, 2.75) is 39.2 Å². The van der Waals surface area contributed by atoms with E-state index in [1.807, 2.05) is 49.4 Å². The summed E-state index contributed by atoms with van der Waals surface area (Å²) < 4.78 is 11.0. The first-order valence-electron chi connectivity index (χ1n) is 8.25. The first-order chi connectivity index (χ1) is 11.5. The number of carbonyl (C=O) groups excluding carboxylic acids is 1. The molecule has 0 spiro atoms. The highest BCUT2D eigenvalue weighted by Gasteiger charge is 2.20. The summed E-state index contributed by atoms with van der Waals surface area (Å²) in [6.45, 7) is 6.14. The lowest BCUT2D eigenvalue weighted by molar-refractivity contribution is -0.122. The van der Waals surface area contributed by atoms with Crippen molar-refractivity contribution in [2.75, 3.05) is 12.4 Å². The van der Waals surface area contributed by atoms with Crippen molar-refractivity contribution in [1.82, 2.24) is 0 Å². The van der Waals surface area contributed by atoms with Crippen LogP contribution in [0.25, 0.3) is 0 Å². The van der Waals surface area contributed by atoms with E-state index in [2.05, 4.69) is 19.2 Å². The predicted molar refractivity (Wildman–Crippen MR) is 96.9 cm³/mol. The fourth-order valence-corrected chi connectivity index (χ4v) is 2.49. The van der Waals surface area contributed by atoms with E-state index in [0.717, 1.165) is 11.3 Å². The van der Waals surface area contributed by atoms with Gasteiger partial charge in [0.2, 0.25) is 0 Å². The SMILES string of the molecule is CC[C@@H](Oc1cccc(OC)c1)C(=O)Nc1ccccc1C(C)C. The molecule has 0 saturated heterocycles. The molecule has 2 aromatic carbocycles. The maximum Gasteiger partial charge on any atom is 0.265 e. The van der Waals surface area contributed by atoms with E-state index in [-0.39, 0.29) is 5.91 Å². The Labute approximate surface area is 143 Å². The van der Waals surface area contributed by atoms with Crippen LogP contribution in [0.3, 0.4) is 0 Å². The van der Waals surface area contributed by atoms with Crippen LogP contribution in [0.15, 0.2) is 48.5 Å². The Kier molecular flexibility index (Phi) is 6.24. The molecule has 4 heteroatoms. The molecule has 0 aliphatic rings. The van der Waals surface area contributed by atoms with Crippen molar-refractivity contribution < 1.29 is 14.3 Å². The van der Waals surface area contributed by atoms with Gasteiger partial charge in [-0.2, -0.15) is 0 Å². The molecular formula is C20H25NO3. The molecule has 0 radical (unpaired) electrons. The van der Waals surface area contributed by atoms with E-state index in [1.165, 1.54) is 0 Å². The normalized spacial score (nSPS) is 11.9. The summed E-state index contributed by atoms with van der Waals surface area (Å²) in [5.74, 6) is 1.51. The number of anilines is 1. The Morgan fingerprint density at radius 1 is 1.08 bits per heavy atom. The van der Waals surface area contributed by atoms with Crippen molar-refractivity contribution >= 4 is 11.6 Å². The topological polar surface area (TPSA) is 47.6 Å². The quantitative estimate of drug-likeness (QED) is 0.807. The van der Waals surface area contributed by atoms with E-state index in [1.54, 1.807) is 13.2 Å². The maximum atomic E-state index is 12.6. The van der Waals surface area contributed by atoms with Crippen LogP contribution in [-0.4, -0.2) is 19.1 Å². The summed E-state index contributed by atoms with van der Waals surface area (Å²) in [4.78, 5) is 12.6. The molecule has 0 aromatic heterocycles. The fourth-order valence-electron chi connectivity index (χ4n) is 2.49. The number of rotatable bonds is 7. The molecule has 0 bridgehead atoms. The third kappa shape index (κ3) is 4.51. The highest BCUT2D eigenvalue weighted by Crippen LogP contribution is 2.25. The van der Waals surface area contributed by atoms with Gasteiger partial charge in [0.1, 0.15) is 11.5 Å². The van der Waals surface area contributed by atoms with Crippen LogP contribution in [-0.2, 0) is 4.79 Å². The Morgan fingerprint density at radius 3 is 2.46 bits per heavy atom. The summed E-state index contributed by atoms with van der Waals surface area (Å²) in [5.41, 5.74) is 1.95. The van der Waals surface area contributed by atoms with Gasteiger partial charge < -0.3 is 14.8 Å². The standard InChI is InChI=1S/C20H25NO3/c1-5-19(24-16-10-8-9-15(13-16)23-4)20(22)21-18-12-7-6-11-17(18)14(2)3/h6-14,19H,5H2,1-4H3,(H,21,22)/t19-/m1/s1. The van der Waals surface area contributed by atoms with E-state index < -0.39 is 6.10 Å². The molecule has 1 atom stereocenters. The van der Waals surface area contributed by atoms with Crippen molar-refractivity contribution in [2.24, 2.45) is 0 Å². The monoisotopic (exact) mass is 327 g/mol. The zero-order valence-electron chi connectivity index (χ0n) is 14.7. The summed E-state index contributed by atoms with van der Waals surface area (Å²) in [7, 11) is 1.60. The van der Waals surface area contributed by atoms with Crippen LogP contribution in [0.5, 0.6) is 11.5 Å². The molecular weight excluding hydrogens is 302 g/mol. The van der Waals surface area contributed by atoms with Gasteiger partial charge in [0, 0.05) is 11.8 Å². The lowest BCUT2D eigenvalue weighted by atomic mass is 10.0. The van der Waals surface area contributed by atoms with Gasteiger partial charge in [0.15, 0.2) is 6.10 Å². The molecule has 24 heavy (non-hydrogen) atoms. The highest BCUT2D eigenvalue weighted by atomic mass is 16.5. The van der Waals surface area contributed by atoms with Gasteiger partial charge in [-0.15, -0.1) is 0 Å². The number of ether oxygens (including phenoxy) is 2. The third-order valence-corrected chi connectivity index (χ3v) is 3.82. The van der Waals surface area contributed by atoms with Crippen LogP contribution in [0, 0.1) is 0 Å². The first kappa shape index (κ1) is 17.9. The maximum absolute atomic E-state index is 12.6. The number of methoxy groups -OCH3 is 1. The van der Waals surface area contributed by atoms with Gasteiger partial charge in [-0.1, -0.05) is 45.0 Å². The molecule has 1 N–H and O–H groups in total. The van der Waals surface area contributed by atoms with Gasteiger partial charge in [-0.25, -0.2) is 0 Å². The summed E-state index contributed by atoms with van der Waals surface area (Å²) in [6.07, 6.45) is 0.0182. The minimum absolute atomic E-state index is 0.145. The van der Waals surface area contributed by atoms with E-state index in [4.69, 9.17) is 9.47 Å². The van der Waals surface area contributed by atoms with Gasteiger partial charge in [-0.3, -0.25) is 4.79 Å². The average Bonchev–Trinajstić information content (AvgIpc) is 2.60. The molecule has 2 rings (SSSR count). The number of hydrogen-bond acceptors (Lipinski definition) is 3. The lowest BCUT2D eigenvalue weighted by Crippen LogP contribution is -2.32. The van der Waals surface area contributed by atoms with Crippen molar-refractivity contribution in [3.8, 4) is 11.5 Å². The van der Waals surface area contributed by atoms with Crippen LogP contribution in [0.2, 0.25) is 0 Å². The second-order valence-corrected chi connectivity index (χ2v) is 5.92. The Bertz CT molecular complexity index is 682. The van der Waals surface area contributed by atoms with Crippen molar-refractivity contribution in [3.05, 3.63) is 54.1 Å². The zero-order valence-corrected chi connectivity index (χ0v) is 14.7. The minimum Gasteiger partial charge on any atom is -0.497 e. The molecule has 2 aromatic rings. The van der Waals surface area contributed by atoms with Crippen molar-refractivity contribution in [1.29, 1.82) is 0 Å². The predicted octanol–water partition coefficient (Wildman–Crippen LogP) is 4.61. The largest absolute Gasteiger partial charge is 0.497 e. The molecule has 0 saturated carbocycles. The van der Waals surface area contributed by atoms with E-state index in [9.17, 15) is 4.79 Å². The highest BCUT2D eigenvalue weighted by molar-refractivity contribution is 5.95. The Morgan fingerprint density at radius 2 is 1.79 bits per heavy atom. The molecule has 0 aliphatic heterocycles. The molecule has 1 amide bonds. The van der Waals surface area contributed by atoms with Crippen LogP contribution in [0.4, 0.5) is 5.69 Å². The fraction of sp³-hybridized carbons (Fsp3) is 0.350. The van der Waals surface area contributed by atoms with Crippen LogP contribution >= 0.6 is 0 Å². The smallest absolute Gasteiger partial charge is 0.265 e.